The Bertz CT molecular complexity index is 461. The molecular weight excluding hydrogens is 292 g/mol. The largest absolute Gasteiger partial charge is 0.445 e. The van der Waals surface area contributed by atoms with Crippen LogP contribution in [0.3, 0.4) is 0 Å². The number of ether oxygens (including phenoxy) is 2. The first kappa shape index (κ1) is 17.8. The highest BCUT2D eigenvalue weighted by atomic mass is 16.5. The van der Waals surface area contributed by atoms with Crippen LogP contribution < -0.4 is 5.32 Å². The Balaban J connectivity index is 1.82. The van der Waals surface area contributed by atoms with Gasteiger partial charge < -0.3 is 14.8 Å². The summed E-state index contributed by atoms with van der Waals surface area (Å²) in [7, 11) is 0. The maximum atomic E-state index is 12.1. The average Bonchev–Trinajstić information content (AvgIpc) is 2.60. The van der Waals surface area contributed by atoms with Gasteiger partial charge >= 0.3 is 6.09 Å². The van der Waals surface area contributed by atoms with Gasteiger partial charge in [-0.25, -0.2) is 4.79 Å². The van der Waals surface area contributed by atoms with E-state index in [1.807, 2.05) is 30.3 Å². The molecule has 2 rings (SSSR count). The number of amides is 1. The molecule has 1 N–H and O–H groups in total. The van der Waals surface area contributed by atoms with Crippen molar-refractivity contribution in [3.63, 3.8) is 0 Å². The third kappa shape index (κ3) is 6.20. The van der Waals surface area contributed by atoms with Crippen LogP contribution in [0.2, 0.25) is 0 Å². The maximum absolute atomic E-state index is 12.1. The molecule has 1 fully saturated rings. The van der Waals surface area contributed by atoms with Gasteiger partial charge in [0, 0.05) is 25.7 Å². The van der Waals surface area contributed by atoms with E-state index in [1.165, 1.54) is 0 Å². The Labute approximate surface area is 139 Å². The van der Waals surface area contributed by atoms with E-state index in [4.69, 9.17) is 9.47 Å². The van der Waals surface area contributed by atoms with E-state index in [-0.39, 0.29) is 12.1 Å². The van der Waals surface area contributed by atoms with Gasteiger partial charge in [0.15, 0.2) is 0 Å². The van der Waals surface area contributed by atoms with Gasteiger partial charge in [-0.15, -0.1) is 0 Å². The van der Waals surface area contributed by atoms with Crippen molar-refractivity contribution in [3.05, 3.63) is 35.9 Å². The SMILES string of the molecule is CC[C@H](C)[C@@H](CN1CCOCC1)NC(=O)OCc1ccccc1. The van der Waals surface area contributed by atoms with E-state index in [9.17, 15) is 4.79 Å². The fraction of sp³-hybridized carbons (Fsp3) is 0.611. The third-order valence-electron chi connectivity index (χ3n) is 4.41. The summed E-state index contributed by atoms with van der Waals surface area (Å²) in [4.78, 5) is 14.5. The molecule has 0 saturated carbocycles. The number of carbonyl (C=O) groups excluding carboxylic acids is 1. The number of nitrogens with one attached hydrogen (secondary N) is 1. The van der Waals surface area contributed by atoms with E-state index >= 15 is 0 Å². The zero-order chi connectivity index (χ0) is 16.5. The van der Waals surface area contributed by atoms with Crippen LogP contribution in [0.25, 0.3) is 0 Å². The van der Waals surface area contributed by atoms with Crippen LogP contribution in [0.4, 0.5) is 4.79 Å². The van der Waals surface area contributed by atoms with Crippen molar-refractivity contribution in [1.82, 2.24) is 10.2 Å². The first-order valence-corrected chi connectivity index (χ1v) is 8.46. The van der Waals surface area contributed by atoms with Crippen molar-refractivity contribution in [3.8, 4) is 0 Å². The maximum Gasteiger partial charge on any atom is 0.407 e. The molecule has 1 heterocycles. The van der Waals surface area contributed by atoms with Crippen molar-refractivity contribution in [2.24, 2.45) is 5.92 Å². The standard InChI is InChI=1S/C18H28N2O3/c1-3-15(2)17(13-20-9-11-22-12-10-20)19-18(21)23-14-16-7-5-4-6-8-16/h4-8,15,17H,3,9-14H2,1-2H3,(H,19,21)/t15-,17+/m0/s1. The second kappa shape index (κ2) is 9.53. The molecule has 0 aromatic heterocycles. The van der Waals surface area contributed by atoms with Crippen LogP contribution in [-0.2, 0) is 16.1 Å². The molecule has 1 saturated heterocycles. The van der Waals surface area contributed by atoms with Crippen LogP contribution in [-0.4, -0.2) is 49.9 Å². The highest BCUT2D eigenvalue weighted by molar-refractivity contribution is 5.67. The molecule has 0 unspecified atom stereocenters. The van der Waals surface area contributed by atoms with Crippen molar-refractivity contribution in [2.75, 3.05) is 32.8 Å². The lowest BCUT2D eigenvalue weighted by molar-refractivity contribution is 0.0298. The fourth-order valence-electron chi connectivity index (χ4n) is 2.63. The molecule has 23 heavy (non-hydrogen) atoms. The highest BCUT2D eigenvalue weighted by Gasteiger charge is 2.23. The first-order chi connectivity index (χ1) is 11.2. The first-order valence-electron chi connectivity index (χ1n) is 8.46. The van der Waals surface area contributed by atoms with Crippen molar-refractivity contribution >= 4 is 6.09 Å². The molecule has 0 aliphatic carbocycles. The topological polar surface area (TPSA) is 50.8 Å². The minimum atomic E-state index is -0.340. The normalized spacial score (nSPS) is 18.2. The van der Waals surface area contributed by atoms with Gasteiger partial charge in [-0.1, -0.05) is 50.6 Å². The molecule has 1 aliphatic rings. The molecule has 1 amide bonds. The monoisotopic (exact) mass is 320 g/mol. The van der Waals surface area contributed by atoms with Gasteiger partial charge in [0.2, 0.25) is 0 Å². The van der Waals surface area contributed by atoms with Gasteiger partial charge in [0.25, 0.3) is 0 Å². The lowest BCUT2D eigenvalue weighted by atomic mass is 9.98. The third-order valence-corrected chi connectivity index (χ3v) is 4.41. The summed E-state index contributed by atoms with van der Waals surface area (Å²) in [5.41, 5.74) is 0.996. The van der Waals surface area contributed by atoms with Crippen molar-refractivity contribution < 1.29 is 14.3 Å². The zero-order valence-electron chi connectivity index (χ0n) is 14.2. The Hall–Kier alpha value is -1.59. The van der Waals surface area contributed by atoms with Gasteiger partial charge in [-0.05, 0) is 11.5 Å². The van der Waals surface area contributed by atoms with Gasteiger partial charge in [-0.2, -0.15) is 0 Å². The summed E-state index contributed by atoms with van der Waals surface area (Å²) in [5, 5.41) is 3.04. The second-order valence-corrected chi connectivity index (χ2v) is 6.11. The number of rotatable bonds is 7. The van der Waals surface area contributed by atoms with Crippen LogP contribution in [0, 0.1) is 5.92 Å². The Morgan fingerprint density at radius 1 is 1.30 bits per heavy atom. The predicted octanol–water partition coefficient (Wildman–Crippen LogP) is 2.66. The van der Waals surface area contributed by atoms with Crippen LogP contribution >= 0.6 is 0 Å². The van der Waals surface area contributed by atoms with E-state index in [0.717, 1.165) is 44.8 Å². The van der Waals surface area contributed by atoms with Crippen LogP contribution in [0.1, 0.15) is 25.8 Å². The molecule has 1 aromatic rings. The summed E-state index contributed by atoms with van der Waals surface area (Å²) >= 11 is 0. The molecule has 5 heteroatoms. The summed E-state index contributed by atoms with van der Waals surface area (Å²) in [6, 6.07) is 9.83. The van der Waals surface area contributed by atoms with E-state index in [0.29, 0.717) is 12.5 Å². The lowest BCUT2D eigenvalue weighted by Crippen LogP contribution is -2.50. The summed E-state index contributed by atoms with van der Waals surface area (Å²) < 4.78 is 10.7. The number of carbonyl (C=O) groups is 1. The van der Waals surface area contributed by atoms with Crippen molar-refractivity contribution in [2.45, 2.75) is 32.9 Å². The lowest BCUT2D eigenvalue weighted by Gasteiger charge is -2.33. The van der Waals surface area contributed by atoms with E-state index < -0.39 is 0 Å². The quantitative estimate of drug-likeness (QED) is 0.839. The predicted molar refractivity (Wildman–Crippen MR) is 90.3 cm³/mol. The molecule has 1 aromatic carbocycles. The zero-order valence-corrected chi connectivity index (χ0v) is 14.2. The van der Waals surface area contributed by atoms with Crippen molar-refractivity contribution in [1.29, 1.82) is 0 Å². The highest BCUT2D eigenvalue weighted by Crippen LogP contribution is 2.11. The molecule has 5 nitrogen and oxygen atoms in total. The number of hydrogen-bond acceptors (Lipinski definition) is 4. The van der Waals surface area contributed by atoms with Gasteiger partial charge in [0.1, 0.15) is 6.61 Å². The number of benzene rings is 1. The molecule has 1 aliphatic heterocycles. The number of alkyl carbamates (subject to hydrolysis) is 1. The van der Waals surface area contributed by atoms with Gasteiger partial charge in [0.05, 0.1) is 13.2 Å². The Morgan fingerprint density at radius 2 is 2.00 bits per heavy atom. The number of hydrogen-bond donors (Lipinski definition) is 1. The van der Waals surface area contributed by atoms with E-state index in [1.54, 1.807) is 0 Å². The molecule has 0 radical (unpaired) electrons. The molecule has 2 atom stereocenters. The molecule has 128 valence electrons. The fourth-order valence-corrected chi connectivity index (χ4v) is 2.63. The second-order valence-electron chi connectivity index (χ2n) is 6.11. The van der Waals surface area contributed by atoms with Crippen LogP contribution in [0.5, 0.6) is 0 Å². The summed E-state index contributed by atoms with van der Waals surface area (Å²) in [6.07, 6.45) is 0.681. The average molecular weight is 320 g/mol. The Morgan fingerprint density at radius 3 is 2.65 bits per heavy atom. The van der Waals surface area contributed by atoms with Gasteiger partial charge in [-0.3, -0.25) is 4.90 Å². The minimum Gasteiger partial charge on any atom is -0.445 e. The minimum absolute atomic E-state index is 0.0985. The van der Waals surface area contributed by atoms with E-state index in [2.05, 4.69) is 24.1 Å². The summed E-state index contributed by atoms with van der Waals surface area (Å²) in [5.74, 6) is 0.405. The Kier molecular flexibility index (Phi) is 7.36. The number of morpholine rings is 1. The molecule has 0 bridgehead atoms. The summed E-state index contributed by atoms with van der Waals surface area (Å²) in [6.45, 7) is 8.85. The smallest absolute Gasteiger partial charge is 0.407 e. The molecular formula is C18H28N2O3. The number of nitrogens with zero attached hydrogens (tertiary/aromatic N) is 1. The molecule has 0 spiro atoms. The van der Waals surface area contributed by atoms with Crippen LogP contribution in [0.15, 0.2) is 30.3 Å².